The fourth-order valence-corrected chi connectivity index (χ4v) is 2.14. The van der Waals surface area contributed by atoms with Crippen molar-refractivity contribution in [2.45, 2.75) is 5.03 Å². The number of hydrogen-bond acceptors (Lipinski definition) is 5. The van der Waals surface area contributed by atoms with E-state index in [0.717, 1.165) is 6.07 Å². The second kappa shape index (κ2) is 3.82. The third-order valence-corrected chi connectivity index (χ3v) is 3.63. The molecule has 0 aliphatic carbocycles. The van der Waals surface area contributed by atoms with E-state index in [9.17, 15) is 18.1 Å². The summed E-state index contributed by atoms with van der Waals surface area (Å²) in [7, 11) is -4.60. The molecule has 2 aromatic rings. The van der Waals surface area contributed by atoms with Gasteiger partial charge in [-0.15, -0.1) is 0 Å². The topological polar surface area (TPSA) is 90.3 Å². The highest BCUT2D eigenvalue weighted by Crippen LogP contribution is 2.28. The fraction of sp³-hybridized carbons (Fsp3) is 0. The van der Waals surface area contributed by atoms with Gasteiger partial charge in [0.15, 0.2) is 5.75 Å². The number of benzene rings is 1. The van der Waals surface area contributed by atoms with Crippen molar-refractivity contribution in [3.05, 3.63) is 27.8 Å². The third-order valence-electron chi connectivity index (χ3n) is 2.02. The lowest BCUT2D eigenvalue weighted by Crippen LogP contribution is -2.01. The Morgan fingerprint density at radius 3 is 2.50 bits per heavy atom. The van der Waals surface area contributed by atoms with Crippen LogP contribution in [0.5, 0.6) is 5.75 Å². The summed E-state index contributed by atoms with van der Waals surface area (Å²) in [6.07, 6.45) is 0. The van der Waals surface area contributed by atoms with Gasteiger partial charge in [-0.1, -0.05) is 6.07 Å². The number of aromatic nitrogens is 1. The van der Waals surface area contributed by atoms with E-state index in [-0.39, 0.29) is 11.3 Å². The lowest BCUT2D eigenvalue weighted by Gasteiger charge is -2.08. The molecule has 0 saturated carbocycles. The molecule has 1 aromatic heterocycles. The maximum absolute atomic E-state index is 10.8. The summed E-state index contributed by atoms with van der Waals surface area (Å²) in [5.41, 5.74) is 0.115. The molecule has 1 aromatic carbocycles. The standard InChI is InChI=1S/C9H6INO4S/c10-6-3-1-5-2-4-7(16(13,14)15)11-8(5)9(6)12/h1-4,12H,(H,13,14,15)/p-1. The summed E-state index contributed by atoms with van der Waals surface area (Å²) < 4.78 is 32.9. The summed E-state index contributed by atoms with van der Waals surface area (Å²) in [4.78, 5) is 3.65. The van der Waals surface area contributed by atoms with Crippen molar-refractivity contribution < 1.29 is 18.1 Å². The van der Waals surface area contributed by atoms with Gasteiger partial charge in [-0.25, -0.2) is 13.4 Å². The Morgan fingerprint density at radius 1 is 1.25 bits per heavy atom. The van der Waals surface area contributed by atoms with Crippen LogP contribution >= 0.6 is 22.6 Å². The Labute approximate surface area is 105 Å². The molecular formula is C9H5INO4S-. The Balaban J connectivity index is 2.84. The Morgan fingerprint density at radius 2 is 1.88 bits per heavy atom. The second-order valence-electron chi connectivity index (χ2n) is 3.07. The third kappa shape index (κ3) is 1.97. The van der Waals surface area contributed by atoms with Crippen LogP contribution in [-0.2, 0) is 10.1 Å². The fourth-order valence-electron chi connectivity index (χ4n) is 1.27. The highest BCUT2D eigenvalue weighted by molar-refractivity contribution is 14.1. The molecule has 0 atom stereocenters. The number of phenolic OH excluding ortho intramolecular Hbond substituents is 1. The molecular weight excluding hydrogens is 345 g/mol. The molecule has 0 unspecified atom stereocenters. The van der Waals surface area contributed by atoms with Crippen LogP contribution in [0.2, 0.25) is 0 Å². The van der Waals surface area contributed by atoms with Gasteiger partial charge >= 0.3 is 0 Å². The number of rotatable bonds is 1. The second-order valence-corrected chi connectivity index (χ2v) is 5.56. The number of fused-ring (bicyclic) bond motifs is 1. The van der Waals surface area contributed by atoms with Gasteiger partial charge in [0.1, 0.15) is 20.7 Å². The zero-order chi connectivity index (χ0) is 11.9. The molecule has 0 bridgehead atoms. The van der Waals surface area contributed by atoms with Gasteiger partial charge in [0.25, 0.3) is 0 Å². The van der Waals surface area contributed by atoms with E-state index in [1.807, 2.05) is 22.6 Å². The minimum absolute atomic E-state index is 0.115. The van der Waals surface area contributed by atoms with Crippen molar-refractivity contribution in [1.29, 1.82) is 0 Å². The molecule has 0 fully saturated rings. The molecule has 0 radical (unpaired) electrons. The van der Waals surface area contributed by atoms with Gasteiger partial charge in [-0.05, 0) is 40.8 Å². The first-order chi connectivity index (χ1) is 7.39. The summed E-state index contributed by atoms with van der Waals surface area (Å²) in [6, 6.07) is 5.91. The molecule has 1 heterocycles. The van der Waals surface area contributed by atoms with E-state index in [4.69, 9.17) is 0 Å². The van der Waals surface area contributed by atoms with Crippen molar-refractivity contribution in [1.82, 2.24) is 4.98 Å². The van der Waals surface area contributed by atoms with E-state index in [2.05, 4.69) is 4.98 Å². The van der Waals surface area contributed by atoms with Crippen LogP contribution in [-0.4, -0.2) is 23.1 Å². The summed E-state index contributed by atoms with van der Waals surface area (Å²) in [6.45, 7) is 0. The maximum atomic E-state index is 10.8. The van der Waals surface area contributed by atoms with Crippen LogP contribution < -0.4 is 0 Å². The van der Waals surface area contributed by atoms with Crippen molar-refractivity contribution in [3.8, 4) is 5.75 Å². The number of halogens is 1. The van der Waals surface area contributed by atoms with E-state index >= 15 is 0 Å². The zero-order valence-corrected chi connectivity index (χ0v) is 10.7. The number of pyridine rings is 1. The molecule has 0 aliphatic heterocycles. The van der Waals surface area contributed by atoms with Gasteiger partial charge in [-0.3, -0.25) is 0 Å². The van der Waals surface area contributed by atoms with Crippen LogP contribution in [0, 0.1) is 3.57 Å². The predicted octanol–water partition coefficient (Wildman–Crippen LogP) is 1.45. The number of phenols is 1. The van der Waals surface area contributed by atoms with Crippen LogP contribution in [0.1, 0.15) is 0 Å². The van der Waals surface area contributed by atoms with E-state index < -0.39 is 15.1 Å². The average Bonchev–Trinajstić information content (AvgIpc) is 2.22. The van der Waals surface area contributed by atoms with Gasteiger partial charge in [0, 0.05) is 5.39 Å². The molecule has 1 N–H and O–H groups in total. The van der Waals surface area contributed by atoms with Gasteiger partial charge in [0.05, 0.1) is 3.57 Å². The van der Waals surface area contributed by atoms with Crippen molar-refractivity contribution in [2.24, 2.45) is 0 Å². The van der Waals surface area contributed by atoms with Gasteiger partial charge in [-0.2, -0.15) is 0 Å². The molecule has 7 heteroatoms. The first-order valence-electron chi connectivity index (χ1n) is 4.14. The van der Waals surface area contributed by atoms with E-state index in [1.165, 1.54) is 6.07 Å². The minimum Gasteiger partial charge on any atom is -0.743 e. The lowest BCUT2D eigenvalue weighted by atomic mass is 10.2. The van der Waals surface area contributed by atoms with Gasteiger partial charge in [0.2, 0.25) is 0 Å². The quantitative estimate of drug-likeness (QED) is 0.621. The zero-order valence-electron chi connectivity index (χ0n) is 7.71. The first-order valence-corrected chi connectivity index (χ1v) is 6.62. The van der Waals surface area contributed by atoms with Crippen molar-refractivity contribution >= 4 is 43.6 Å². The number of aromatic hydroxyl groups is 1. The minimum atomic E-state index is -4.60. The summed E-state index contributed by atoms with van der Waals surface area (Å²) in [5, 5.41) is 9.67. The van der Waals surface area contributed by atoms with Crippen LogP contribution in [0.4, 0.5) is 0 Å². The number of hydrogen-bond donors (Lipinski definition) is 1. The van der Waals surface area contributed by atoms with Crippen LogP contribution in [0.3, 0.4) is 0 Å². The molecule has 16 heavy (non-hydrogen) atoms. The Hall–Kier alpha value is -0.930. The SMILES string of the molecule is O=S(=O)([O-])c1ccc2ccc(I)c(O)c2n1. The highest BCUT2D eigenvalue weighted by Gasteiger charge is 2.09. The Kier molecular flexibility index (Phi) is 2.76. The van der Waals surface area contributed by atoms with Crippen molar-refractivity contribution in [3.63, 3.8) is 0 Å². The van der Waals surface area contributed by atoms with E-state index in [1.54, 1.807) is 12.1 Å². The van der Waals surface area contributed by atoms with Crippen LogP contribution in [0.15, 0.2) is 29.3 Å². The van der Waals surface area contributed by atoms with Crippen LogP contribution in [0.25, 0.3) is 10.9 Å². The molecule has 0 aliphatic rings. The maximum Gasteiger partial charge on any atom is 0.155 e. The lowest BCUT2D eigenvalue weighted by molar-refractivity contribution is 0.459. The molecule has 84 valence electrons. The average molecular weight is 350 g/mol. The predicted molar refractivity (Wildman–Crippen MR) is 64.1 cm³/mol. The number of nitrogens with zero attached hydrogens (tertiary/aromatic N) is 1. The molecule has 0 saturated heterocycles. The largest absolute Gasteiger partial charge is 0.743 e. The molecule has 0 spiro atoms. The summed E-state index contributed by atoms with van der Waals surface area (Å²) in [5.74, 6) is -0.122. The van der Waals surface area contributed by atoms with E-state index in [0.29, 0.717) is 8.96 Å². The highest BCUT2D eigenvalue weighted by atomic mass is 127. The molecule has 0 amide bonds. The first kappa shape index (κ1) is 11.6. The Bertz CT molecular complexity index is 669. The monoisotopic (exact) mass is 350 g/mol. The van der Waals surface area contributed by atoms with Gasteiger partial charge < -0.3 is 9.66 Å². The summed E-state index contributed by atoms with van der Waals surface area (Å²) >= 11 is 1.89. The molecule has 2 rings (SSSR count). The smallest absolute Gasteiger partial charge is 0.155 e. The molecule has 5 nitrogen and oxygen atoms in total. The normalized spacial score (nSPS) is 11.9. The van der Waals surface area contributed by atoms with Crippen molar-refractivity contribution in [2.75, 3.05) is 0 Å².